The standard InChI is InChI=1S/C35H37Cl2N3O4S/c1-4-26(3)38-35(42)33(22-27-12-6-5-7-13-27)39(23-28-14-8-9-16-32(28)37)34(41)24-40(30-15-10-11-25(2)21-30)45(43,44)31-19-17-29(36)18-20-31/h5-21,26,33H,4,22-24H2,1-3H3,(H,38,42). The molecular weight excluding hydrogens is 629 g/mol. The number of benzene rings is 4. The van der Waals surface area contributed by atoms with Gasteiger partial charge in [0.15, 0.2) is 0 Å². The van der Waals surface area contributed by atoms with E-state index in [0.717, 1.165) is 15.4 Å². The molecule has 0 aliphatic heterocycles. The second-order valence-electron chi connectivity index (χ2n) is 10.9. The molecule has 0 heterocycles. The molecule has 236 valence electrons. The number of sulfonamides is 1. The number of carbonyl (C=O) groups is 2. The van der Waals surface area contributed by atoms with E-state index in [-0.39, 0.29) is 29.8 Å². The van der Waals surface area contributed by atoms with Crippen LogP contribution < -0.4 is 9.62 Å². The molecular formula is C35H37Cl2N3O4S. The highest BCUT2D eigenvalue weighted by molar-refractivity contribution is 7.92. The molecule has 2 unspecified atom stereocenters. The predicted molar refractivity (Wildman–Crippen MR) is 181 cm³/mol. The zero-order chi connectivity index (χ0) is 32.6. The molecule has 45 heavy (non-hydrogen) atoms. The van der Waals surface area contributed by atoms with E-state index in [2.05, 4.69) is 5.32 Å². The Morgan fingerprint density at radius 2 is 1.53 bits per heavy atom. The highest BCUT2D eigenvalue weighted by atomic mass is 35.5. The van der Waals surface area contributed by atoms with Gasteiger partial charge in [-0.2, -0.15) is 0 Å². The summed E-state index contributed by atoms with van der Waals surface area (Å²) in [5.41, 5.74) is 2.62. The van der Waals surface area contributed by atoms with Gasteiger partial charge in [-0.15, -0.1) is 0 Å². The van der Waals surface area contributed by atoms with Gasteiger partial charge in [-0.25, -0.2) is 8.42 Å². The van der Waals surface area contributed by atoms with Crippen LogP contribution in [0.15, 0.2) is 108 Å². The van der Waals surface area contributed by atoms with E-state index in [1.807, 2.05) is 57.2 Å². The molecule has 2 atom stereocenters. The largest absolute Gasteiger partial charge is 0.352 e. The summed E-state index contributed by atoms with van der Waals surface area (Å²) in [7, 11) is -4.22. The summed E-state index contributed by atoms with van der Waals surface area (Å²) in [6.45, 7) is 5.14. The average molecular weight is 667 g/mol. The van der Waals surface area contributed by atoms with Gasteiger partial charge < -0.3 is 10.2 Å². The van der Waals surface area contributed by atoms with Crippen LogP contribution >= 0.6 is 23.2 Å². The van der Waals surface area contributed by atoms with Gasteiger partial charge in [-0.1, -0.05) is 90.8 Å². The molecule has 0 aliphatic carbocycles. The van der Waals surface area contributed by atoms with Crippen molar-refractivity contribution in [3.05, 3.63) is 130 Å². The minimum absolute atomic E-state index is 0.00736. The fraction of sp³-hybridized carbons (Fsp3) is 0.257. The van der Waals surface area contributed by atoms with Crippen molar-refractivity contribution >= 4 is 50.7 Å². The molecule has 0 fully saturated rings. The van der Waals surface area contributed by atoms with Gasteiger partial charge in [0.2, 0.25) is 11.8 Å². The van der Waals surface area contributed by atoms with Crippen LogP contribution in [0.1, 0.15) is 37.0 Å². The number of carbonyl (C=O) groups excluding carboxylic acids is 2. The molecule has 0 saturated carbocycles. The van der Waals surface area contributed by atoms with Gasteiger partial charge in [0.05, 0.1) is 10.6 Å². The maximum Gasteiger partial charge on any atom is 0.264 e. The first-order valence-corrected chi connectivity index (χ1v) is 16.9. The number of aryl methyl sites for hydroxylation is 1. The Morgan fingerprint density at radius 3 is 2.18 bits per heavy atom. The van der Waals surface area contributed by atoms with E-state index in [1.54, 1.807) is 42.5 Å². The lowest BCUT2D eigenvalue weighted by atomic mass is 10.0. The van der Waals surface area contributed by atoms with Crippen molar-refractivity contribution < 1.29 is 18.0 Å². The van der Waals surface area contributed by atoms with E-state index >= 15 is 0 Å². The van der Waals surface area contributed by atoms with Crippen LogP contribution in [-0.2, 0) is 32.6 Å². The van der Waals surface area contributed by atoms with E-state index in [4.69, 9.17) is 23.2 Å². The Morgan fingerprint density at radius 1 is 0.867 bits per heavy atom. The molecule has 0 radical (unpaired) electrons. The third-order valence-corrected chi connectivity index (χ3v) is 9.95. The van der Waals surface area contributed by atoms with Gasteiger partial charge in [-0.3, -0.25) is 13.9 Å². The minimum atomic E-state index is -4.22. The van der Waals surface area contributed by atoms with Crippen LogP contribution in [0.3, 0.4) is 0 Å². The minimum Gasteiger partial charge on any atom is -0.352 e. The van der Waals surface area contributed by atoms with Crippen molar-refractivity contribution in [2.75, 3.05) is 10.8 Å². The maximum absolute atomic E-state index is 14.5. The number of rotatable bonds is 13. The molecule has 7 nitrogen and oxygen atoms in total. The summed E-state index contributed by atoms with van der Waals surface area (Å²) in [4.78, 5) is 29.9. The quantitative estimate of drug-likeness (QED) is 0.166. The summed E-state index contributed by atoms with van der Waals surface area (Å²) in [6, 6.07) is 28.1. The lowest BCUT2D eigenvalue weighted by Gasteiger charge is -2.34. The monoisotopic (exact) mass is 665 g/mol. The summed E-state index contributed by atoms with van der Waals surface area (Å²) in [5.74, 6) is -0.898. The Labute approximate surface area is 275 Å². The number of anilines is 1. The summed E-state index contributed by atoms with van der Waals surface area (Å²) < 4.78 is 29.3. The van der Waals surface area contributed by atoms with Crippen LogP contribution in [0.2, 0.25) is 10.0 Å². The number of nitrogens with zero attached hydrogens (tertiary/aromatic N) is 2. The molecule has 1 N–H and O–H groups in total. The number of hydrogen-bond donors (Lipinski definition) is 1. The van der Waals surface area contributed by atoms with Crippen LogP contribution in [0.4, 0.5) is 5.69 Å². The van der Waals surface area contributed by atoms with E-state index in [9.17, 15) is 18.0 Å². The van der Waals surface area contributed by atoms with Crippen LogP contribution in [0, 0.1) is 6.92 Å². The summed E-state index contributed by atoms with van der Waals surface area (Å²) in [6.07, 6.45) is 0.913. The highest BCUT2D eigenvalue weighted by Gasteiger charge is 2.35. The molecule has 0 aliphatic rings. The first-order valence-electron chi connectivity index (χ1n) is 14.7. The Kier molecular flexibility index (Phi) is 11.7. The van der Waals surface area contributed by atoms with E-state index in [1.165, 1.54) is 29.2 Å². The van der Waals surface area contributed by atoms with Crippen molar-refractivity contribution in [3.8, 4) is 0 Å². The molecule has 0 spiro atoms. The smallest absolute Gasteiger partial charge is 0.264 e. The topological polar surface area (TPSA) is 86.8 Å². The zero-order valence-corrected chi connectivity index (χ0v) is 27.8. The molecule has 10 heteroatoms. The lowest BCUT2D eigenvalue weighted by molar-refractivity contribution is -0.140. The van der Waals surface area contributed by atoms with Crippen LogP contribution in [0.5, 0.6) is 0 Å². The average Bonchev–Trinajstić information content (AvgIpc) is 3.02. The zero-order valence-electron chi connectivity index (χ0n) is 25.5. The molecule has 2 amide bonds. The maximum atomic E-state index is 14.5. The van der Waals surface area contributed by atoms with Gasteiger partial charge in [0, 0.05) is 29.1 Å². The second-order valence-corrected chi connectivity index (χ2v) is 13.6. The molecule has 4 aromatic rings. The second kappa shape index (κ2) is 15.4. The van der Waals surface area contributed by atoms with Gasteiger partial charge >= 0.3 is 0 Å². The number of halogens is 2. The van der Waals surface area contributed by atoms with E-state index < -0.39 is 28.5 Å². The fourth-order valence-corrected chi connectivity index (χ4v) is 6.58. The third-order valence-electron chi connectivity index (χ3n) is 7.54. The Bertz CT molecular complexity index is 1720. The van der Waals surface area contributed by atoms with Crippen molar-refractivity contribution in [1.29, 1.82) is 0 Å². The molecule has 4 rings (SSSR count). The van der Waals surface area contributed by atoms with Gasteiger partial charge in [-0.05, 0) is 79.4 Å². The predicted octanol–water partition coefficient (Wildman–Crippen LogP) is 7.05. The van der Waals surface area contributed by atoms with E-state index in [0.29, 0.717) is 27.7 Å². The van der Waals surface area contributed by atoms with Crippen LogP contribution in [0.25, 0.3) is 0 Å². The third kappa shape index (κ3) is 8.87. The van der Waals surface area contributed by atoms with Gasteiger partial charge in [0.1, 0.15) is 12.6 Å². The van der Waals surface area contributed by atoms with Crippen molar-refractivity contribution in [2.24, 2.45) is 0 Å². The molecule has 0 aromatic heterocycles. The first kappa shape index (κ1) is 34.0. The Balaban J connectivity index is 1.82. The van der Waals surface area contributed by atoms with Crippen molar-refractivity contribution in [2.45, 2.75) is 57.1 Å². The SMILES string of the molecule is CCC(C)NC(=O)C(Cc1ccccc1)N(Cc1ccccc1Cl)C(=O)CN(c1cccc(C)c1)S(=O)(=O)c1ccc(Cl)cc1. The Hall–Kier alpha value is -3.85. The number of hydrogen-bond acceptors (Lipinski definition) is 4. The summed E-state index contributed by atoms with van der Waals surface area (Å²) in [5, 5.41) is 3.84. The number of nitrogens with one attached hydrogen (secondary N) is 1. The first-order chi connectivity index (χ1) is 21.5. The van der Waals surface area contributed by atoms with Crippen LogP contribution in [-0.4, -0.2) is 43.8 Å². The summed E-state index contributed by atoms with van der Waals surface area (Å²) >= 11 is 12.6. The lowest BCUT2D eigenvalue weighted by Crippen LogP contribution is -2.54. The highest BCUT2D eigenvalue weighted by Crippen LogP contribution is 2.27. The fourth-order valence-electron chi connectivity index (χ4n) is 4.85. The molecule has 0 bridgehead atoms. The normalized spacial score (nSPS) is 12.6. The van der Waals surface area contributed by atoms with Crippen molar-refractivity contribution in [1.82, 2.24) is 10.2 Å². The number of amides is 2. The van der Waals surface area contributed by atoms with Gasteiger partial charge in [0.25, 0.3) is 10.0 Å². The van der Waals surface area contributed by atoms with Crippen molar-refractivity contribution in [3.63, 3.8) is 0 Å². The molecule has 0 saturated heterocycles. The molecule has 4 aromatic carbocycles.